The van der Waals surface area contributed by atoms with Crippen LogP contribution in [0.2, 0.25) is 0 Å². The number of amides is 1. The lowest BCUT2D eigenvalue weighted by atomic mass is 9.83. The van der Waals surface area contributed by atoms with Gasteiger partial charge in [-0.3, -0.25) is 9.59 Å². The van der Waals surface area contributed by atoms with Gasteiger partial charge in [0.2, 0.25) is 0 Å². The average Bonchev–Trinajstić information content (AvgIpc) is 3.21. The first-order valence-corrected chi connectivity index (χ1v) is 10.1. The molecule has 1 aliphatic rings. The minimum absolute atomic E-state index is 0.0576. The van der Waals surface area contributed by atoms with Gasteiger partial charge in [0.15, 0.2) is 17.8 Å². The average molecular weight is 431 g/mol. The molecule has 1 N–H and O–H groups in total. The fourth-order valence-corrected chi connectivity index (χ4v) is 3.52. The zero-order chi connectivity index (χ0) is 22.4. The first kappa shape index (κ1) is 22.4. The van der Waals surface area contributed by atoms with E-state index in [-0.39, 0.29) is 30.1 Å². The SMILES string of the molecule is CC(OC(=O)CCc1ncc(-c2ccc(F)cc2F)o1)C(=O)NC1(C#N)CCCCC1. The lowest BCUT2D eigenvalue weighted by Gasteiger charge is -2.32. The predicted molar refractivity (Wildman–Crippen MR) is 105 cm³/mol. The summed E-state index contributed by atoms with van der Waals surface area (Å²) in [6, 6.07) is 5.27. The Hall–Kier alpha value is -3.28. The number of ether oxygens (including phenoxy) is 1. The summed E-state index contributed by atoms with van der Waals surface area (Å²) in [5.74, 6) is -2.34. The molecule has 3 rings (SSSR count). The molecule has 0 bridgehead atoms. The van der Waals surface area contributed by atoms with Crippen LogP contribution in [0.4, 0.5) is 8.78 Å². The second-order valence-corrected chi connectivity index (χ2v) is 7.62. The molecule has 1 fully saturated rings. The maximum atomic E-state index is 13.8. The summed E-state index contributed by atoms with van der Waals surface area (Å²) >= 11 is 0. The molecule has 1 atom stereocenters. The Morgan fingerprint density at radius 3 is 2.74 bits per heavy atom. The number of nitriles is 1. The summed E-state index contributed by atoms with van der Waals surface area (Å²) in [5.41, 5.74) is -0.845. The maximum Gasteiger partial charge on any atom is 0.307 e. The van der Waals surface area contributed by atoms with Crippen LogP contribution in [0, 0.1) is 23.0 Å². The third-order valence-electron chi connectivity index (χ3n) is 5.25. The normalized spacial score (nSPS) is 16.2. The highest BCUT2D eigenvalue weighted by Gasteiger charge is 2.35. The molecule has 0 spiro atoms. The van der Waals surface area contributed by atoms with Gasteiger partial charge in [-0.2, -0.15) is 5.26 Å². The van der Waals surface area contributed by atoms with Crippen LogP contribution in [0.1, 0.15) is 51.3 Å². The number of nitrogens with one attached hydrogen (secondary N) is 1. The third kappa shape index (κ3) is 5.66. The zero-order valence-electron chi connectivity index (χ0n) is 17.1. The van der Waals surface area contributed by atoms with E-state index in [2.05, 4.69) is 16.4 Å². The van der Waals surface area contributed by atoms with E-state index in [9.17, 15) is 23.6 Å². The minimum atomic E-state index is -1.05. The zero-order valence-corrected chi connectivity index (χ0v) is 17.1. The molecule has 1 aromatic heterocycles. The highest BCUT2D eigenvalue weighted by molar-refractivity contribution is 5.84. The molecule has 1 heterocycles. The first-order chi connectivity index (χ1) is 14.8. The Labute approximate surface area is 178 Å². The lowest BCUT2D eigenvalue weighted by Crippen LogP contribution is -2.52. The van der Waals surface area contributed by atoms with Gasteiger partial charge in [0.1, 0.15) is 17.2 Å². The number of esters is 1. The van der Waals surface area contributed by atoms with Gasteiger partial charge < -0.3 is 14.5 Å². The van der Waals surface area contributed by atoms with E-state index in [1.54, 1.807) is 0 Å². The third-order valence-corrected chi connectivity index (χ3v) is 5.25. The fraction of sp³-hybridized carbons (Fsp3) is 0.455. The Kier molecular flexibility index (Phi) is 7.00. The van der Waals surface area contributed by atoms with E-state index in [0.29, 0.717) is 12.8 Å². The predicted octanol–water partition coefficient (Wildman–Crippen LogP) is 3.83. The summed E-state index contributed by atoms with van der Waals surface area (Å²) in [6.45, 7) is 1.45. The van der Waals surface area contributed by atoms with Gasteiger partial charge in [-0.15, -0.1) is 0 Å². The van der Waals surface area contributed by atoms with Gasteiger partial charge >= 0.3 is 5.97 Å². The van der Waals surface area contributed by atoms with Crippen LogP contribution in [0.15, 0.2) is 28.8 Å². The first-order valence-electron chi connectivity index (χ1n) is 10.1. The van der Waals surface area contributed by atoms with Crippen molar-refractivity contribution in [3.8, 4) is 17.4 Å². The van der Waals surface area contributed by atoms with E-state index in [0.717, 1.165) is 31.4 Å². The van der Waals surface area contributed by atoms with Gasteiger partial charge in [0.25, 0.3) is 5.91 Å². The standard InChI is InChI=1S/C22H23F2N3O4/c1-14(21(29)27-22(13-25)9-3-2-4-10-22)30-20(28)8-7-19-26-12-18(31-19)16-6-5-15(23)11-17(16)24/h5-6,11-12,14H,2-4,7-10H2,1H3,(H,27,29). The lowest BCUT2D eigenvalue weighted by molar-refractivity contribution is -0.155. The number of carbonyl (C=O) groups excluding carboxylic acids is 2. The Balaban J connectivity index is 1.50. The summed E-state index contributed by atoms with van der Waals surface area (Å²) < 4.78 is 37.5. The van der Waals surface area contributed by atoms with Crippen LogP contribution in [-0.2, 0) is 20.7 Å². The van der Waals surface area contributed by atoms with Crippen molar-refractivity contribution in [3.05, 3.63) is 41.9 Å². The summed E-state index contributed by atoms with van der Waals surface area (Å²) in [5, 5.41) is 12.2. The molecule has 1 saturated carbocycles. The van der Waals surface area contributed by atoms with Crippen molar-refractivity contribution in [1.29, 1.82) is 5.26 Å². The number of hydrogen-bond acceptors (Lipinski definition) is 6. The van der Waals surface area contributed by atoms with Crippen LogP contribution in [0.3, 0.4) is 0 Å². The number of hydrogen-bond donors (Lipinski definition) is 1. The Bertz CT molecular complexity index is 993. The molecule has 0 saturated heterocycles. The van der Waals surface area contributed by atoms with E-state index in [1.807, 2.05) is 0 Å². The highest BCUT2D eigenvalue weighted by Crippen LogP contribution is 2.28. The fourth-order valence-electron chi connectivity index (χ4n) is 3.52. The van der Waals surface area contributed by atoms with Crippen LogP contribution in [0.25, 0.3) is 11.3 Å². The monoisotopic (exact) mass is 431 g/mol. The van der Waals surface area contributed by atoms with E-state index in [1.165, 1.54) is 19.2 Å². The molecule has 1 amide bonds. The summed E-state index contributed by atoms with van der Waals surface area (Å²) in [6.07, 6.45) is 4.13. The van der Waals surface area contributed by atoms with Crippen molar-refractivity contribution < 1.29 is 27.5 Å². The van der Waals surface area contributed by atoms with Crippen LogP contribution >= 0.6 is 0 Å². The molecule has 2 aromatic rings. The van der Waals surface area contributed by atoms with Gasteiger partial charge in [-0.1, -0.05) is 19.3 Å². The minimum Gasteiger partial charge on any atom is -0.453 e. The second kappa shape index (κ2) is 9.69. The van der Waals surface area contributed by atoms with E-state index in [4.69, 9.17) is 9.15 Å². The molecule has 31 heavy (non-hydrogen) atoms. The van der Waals surface area contributed by atoms with Gasteiger partial charge in [-0.25, -0.2) is 13.8 Å². The van der Waals surface area contributed by atoms with Crippen molar-refractivity contribution in [2.75, 3.05) is 0 Å². The number of benzene rings is 1. The van der Waals surface area contributed by atoms with Crippen LogP contribution in [0.5, 0.6) is 0 Å². The number of carbonyl (C=O) groups is 2. The molecule has 1 aliphatic carbocycles. The van der Waals surface area contributed by atoms with Crippen LogP contribution in [-0.4, -0.2) is 28.5 Å². The second-order valence-electron chi connectivity index (χ2n) is 7.62. The summed E-state index contributed by atoms with van der Waals surface area (Å²) in [4.78, 5) is 28.5. The number of oxazole rings is 1. The van der Waals surface area contributed by atoms with Crippen molar-refractivity contribution in [2.24, 2.45) is 0 Å². The summed E-state index contributed by atoms with van der Waals surface area (Å²) in [7, 11) is 0. The number of aromatic nitrogens is 1. The van der Waals surface area contributed by atoms with Gasteiger partial charge in [0, 0.05) is 12.5 Å². The molecule has 0 radical (unpaired) electrons. The quantitative estimate of drug-likeness (QED) is 0.668. The van der Waals surface area contributed by atoms with Crippen molar-refractivity contribution >= 4 is 11.9 Å². The number of aryl methyl sites for hydroxylation is 1. The number of rotatable bonds is 7. The highest BCUT2D eigenvalue weighted by atomic mass is 19.1. The molecule has 164 valence electrons. The topological polar surface area (TPSA) is 105 Å². The molecule has 0 aliphatic heterocycles. The van der Waals surface area contributed by atoms with Crippen molar-refractivity contribution in [2.45, 2.75) is 63.5 Å². The molecular weight excluding hydrogens is 408 g/mol. The molecule has 9 heteroatoms. The van der Waals surface area contributed by atoms with Gasteiger partial charge in [-0.05, 0) is 31.9 Å². The van der Waals surface area contributed by atoms with Crippen LogP contribution < -0.4 is 5.32 Å². The van der Waals surface area contributed by atoms with Crippen molar-refractivity contribution in [1.82, 2.24) is 10.3 Å². The maximum absolute atomic E-state index is 13.8. The van der Waals surface area contributed by atoms with E-state index >= 15 is 0 Å². The number of halogens is 2. The van der Waals surface area contributed by atoms with Crippen molar-refractivity contribution in [3.63, 3.8) is 0 Å². The Morgan fingerprint density at radius 1 is 1.32 bits per heavy atom. The molecule has 1 aromatic carbocycles. The largest absolute Gasteiger partial charge is 0.453 e. The van der Waals surface area contributed by atoms with E-state index < -0.39 is 35.2 Å². The Morgan fingerprint density at radius 2 is 2.06 bits per heavy atom. The molecule has 1 unspecified atom stereocenters. The smallest absolute Gasteiger partial charge is 0.307 e. The molecular formula is C22H23F2N3O4. The number of nitrogens with zero attached hydrogens (tertiary/aromatic N) is 2. The molecule has 7 nitrogen and oxygen atoms in total. The van der Waals surface area contributed by atoms with Gasteiger partial charge in [0.05, 0.1) is 24.3 Å².